The van der Waals surface area contributed by atoms with Gasteiger partial charge in [0.25, 0.3) is 0 Å². The molecule has 4 rings (SSSR count). The molecule has 2 aliphatic heterocycles. The van der Waals surface area contributed by atoms with Crippen LogP contribution >= 0.6 is 0 Å². The normalized spacial score (nSPS) is 19.1. The lowest BCUT2D eigenvalue weighted by molar-refractivity contribution is -0.125. The third-order valence-corrected chi connectivity index (χ3v) is 5.72. The fraction of sp³-hybridized carbons (Fsp3) is 0.429. The van der Waals surface area contributed by atoms with E-state index >= 15 is 0 Å². The number of aromatic nitrogens is 1. The van der Waals surface area contributed by atoms with Gasteiger partial charge in [0.2, 0.25) is 5.91 Å². The number of para-hydroxylation sites is 1. The zero-order valence-electron chi connectivity index (χ0n) is 15.2. The number of methoxy groups -OCH3 is 1. The zero-order chi connectivity index (χ0) is 18.0. The second-order valence-electron chi connectivity index (χ2n) is 7.19. The average Bonchev–Trinajstić information content (AvgIpc) is 2.91. The third-order valence-electron chi connectivity index (χ3n) is 5.72. The van der Waals surface area contributed by atoms with Gasteiger partial charge in [-0.1, -0.05) is 24.3 Å². The Bertz CT molecular complexity index is 770. The summed E-state index contributed by atoms with van der Waals surface area (Å²) in [5, 5.41) is 0. The van der Waals surface area contributed by atoms with Gasteiger partial charge in [0.05, 0.1) is 12.0 Å². The van der Waals surface area contributed by atoms with Crippen LogP contribution < -0.4 is 4.90 Å². The van der Waals surface area contributed by atoms with Crippen molar-refractivity contribution in [3.05, 3.63) is 59.9 Å². The van der Waals surface area contributed by atoms with Crippen molar-refractivity contribution in [2.75, 3.05) is 38.3 Å². The molecule has 0 atom stereocenters. The summed E-state index contributed by atoms with van der Waals surface area (Å²) < 4.78 is 5.22. The highest BCUT2D eigenvalue weighted by atomic mass is 16.5. The van der Waals surface area contributed by atoms with Crippen LogP contribution in [0.3, 0.4) is 0 Å². The molecule has 5 heteroatoms. The summed E-state index contributed by atoms with van der Waals surface area (Å²) in [4.78, 5) is 21.9. The van der Waals surface area contributed by atoms with Crippen LogP contribution in [0.25, 0.3) is 0 Å². The molecule has 1 aromatic heterocycles. The molecule has 0 saturated carbocycles. The topological polar surface area (TPSA) is 45.7 Å². The molecule has 0 radical (unpaired) electrons. The molecule has 0 aliphatic carbocycles. The Morgan fingerprint density at radius 3 is 2.69 bits per heavy atom. The highest BCUT2D eigenvalue weighted by molar-refractivity contribution is 6.08. The number of anilines is 1. The van der Waals surface area contributed by atoms with Crippen molar-refractivity contribution < 1.29 is 9.53 Å². The molecule has 0 N–H and O–H groups in total. The number of benzene rings is 1. The van der Waals surface area contributed by atoms with E-state index in [1.807, 2.05) is 23.2 Å². The average molecular weight is 351 g/mol. The van der Waals surface area contributed by atoms with Crippen molar-refractivity contribution in [2.45, 2.75) is 24.8 Å². The fourth-order valence-electron chi connectivity index (χ4n) is 4.33. The number of hydrogen-bond donors (Lipinski definition) is 0. The molecule has 136 valence electrons. The Morgan fingerprint density at radius 1 is 1.15 bits per heavy atom. The van der Waals surface area contributed by atoms with E-state index in [1.54, 1.807) is 13.3 Å². The quantitative estimate of drug-likeness (QED) is 0.831. The molecule has 3 heterocycles. The first kappa shape index (κ1) is 17.2. The third kappa shape index (κ3) is 2.91. The first-order chi connectivity index (χ1) is 12.7. The van der Waals surface area contributed by atoms with Crippen LogP contribution in [0, 0.1) is 0 Å². The Hall–Kier alpha value is -2.24. The van der Waals surface area contributed by atoms with Crippen molar-refractivity contribution in [3.8, 4) is 0 Å². The van der Waals surface area contributed by atoms with Crippen LogP contribution in [-0.2, 0) is 21.5 Å². The van der Waals surface area contributed by atoms with Crippen molar-refractivity contribution >= 4 is 11.6 Å². The molecular formula is C21H25N3O2. The fourth-order valence-corrected chi connectivity index (χ4v) is 4.33. The second kappa shape index (κ2) is 7.17. The van der Waals surface area contributed by atoms with Crippen LogP contribution in [-0.4, -0.2) is 49.1 Å². The SMILES string of the molecule is COCCN1C(=O)C2(CCN(Cc3cccnc3)CC2)c2ccccc21. The molecule has 0 bridgehead atoms. The number of carbonyl (C=O) groups is 1. The van der Waals surface area contributed by atoms with E-state index in [0.717, 1.165) is 38.2 Å². The van der Waals surface area contributed by atoms with Gasteiger partial charge in [-0.3, -0.25) is 14.7 Å². The Kier molecular flexibility index (Phi) is 4.74. The predicted octanol–water partition coefficient (Wildman–Crippen LogP) is 2.61. The molecule has 0 unspecified atom stereocenters. The van der Waals surface area contributed by atoms with Crippen LogP contribution in [0.1, 0.15) is 24.0 Å². The molecule has 1 spiro atoms. The van der Waals surface area contributed by atoms with Gasteiger partial charge in [-0.25, -0.2) is 0 Å². The minimum atomic E-state index is -0.365. The van der Waals surface area contributed by atoms with Gasteiger partial charge in [-0.05, 0) is 49.2 Å². The zero-order valence-corrected chi connectivity index (χ0v) is 15.2. The molecule has 2 aromatic rings. The highest BCUT2D eigenvalue weighted by Gasteiger charge is 2.51. The molecular weight excluding hydrogens is 326 g/mol. The number of amides is 1. The monoisotopic (exact) mass is 351 g/mol. The predicted molar refractivity (Wildman–Crippen MR) is 101 cm³/mol. The van der Waals surface area contributed by atoms with Crippen molar-refractivity contribution in [1.29, 1.82) is 0 Å². The minimum absolute atomic E-state index is 0.247. The Labute approximate surface area is 154 Å². The van der Waals surface area contributed by atoms with Gasteiger partial charge in [-0.2, -0.15) is 0 Å². The lowest BCUT2D eigenvalue weighted by atomic mass is 9.73. The maximum absolute atomic E-state index is 13.4. The van der Waals surface area contributed by atoms with Gasteiger partial charge in [0, 0.05) is 38.3 Å². The lowest BCUT2D eigenvalue weighted by Gasteiger charge is -2.38. The van der Waals surface area contributed by atoms with Crippen LogP contribution in [0.5, 0.6) is 0 Å². The maximum atomic E-state index is 13.4. The second-order valence-corrected chi connectivity index (χ2v) is 7.19. The van der Waals surface area contributed by atoms with E-state index in [0.29, 0.717) is 13.2 Å². The van der Waals surface area contributed by atoms with E-state index < -0.39 is 0 Å². The summed E-state index contributed by atoms with van der Waals surface area (Å²) in [5.74, 6) is 0.247. The van der Waals surface area contributed by atoms with E-state index in [4.69, 9.17) is 4.74 Å². The molecule has 1 fully saturated rings. The van der Waals surface area contributed by atoms with Gasteiger partial charge in [0.15, 0.2) is 0 Å². The van der Waals surface area contributed by atoms with E-state index in [2.05, 4.69) is 34.1 Å². The van der Waals surface area contributed by atoms with Crippen LogP contribution in [0.2, 0.25) is 0 Å². The van der Waals surface area contributed by atoms with Crippen molar-refractivity contribution in [2.24, 2.45) is 0 Å². The number of fused-ring (bicyclic) bond motifs is 2. The largest absolute Gasteiger partial charge is 0.383 e. The molecule has 1 saturated heterocycles. The summed E-state index contributed by atoms with van der Waals surface area (Å²) in [6, 6.07) is 12.4. The molecule has 5 nitrogen and oxygen atoms in total. The van der Waals surface area contributed by atoms with Gasteiger partial charge in [0.1, 0.15) is 0 Å². The number of likely N-dealkylation sites (tertiary alicyclic amines) is 1. The summed E-state index contributed by atoms with van der Waals surface area (Å²) in [6.07, 6.45) is 5.46. The summed E-state index contributed by atoms with van der Waals surface area (Å²) in [6.45, 7) is 3.92. The molecule has 1 amide bonds. The number of piperidine rings is 1. The number of carbonyl (C=O) groups excluding carboxylic acids is 1. The van der Waals surface area contributed by atoms with Crippen LogP contribution in [0.15, 0.2) is 48.8 Å². The number of hydrogen-bond acceptors (Lipinski definition) is 4. The van der Waals surface area contributed by atoms with Gasteiger partial charge in [-0.15, -0.1) is 0 Å². The number of nitrogens with zero attached hydrogens (tertiary/aromatic N) is 3. The number of ether oxygens (including phenoxy) is 1. The van der Waals surface area contributed by atoms with E-state index in [-0.39, 0.29) is 11.3 Å². The molecule has 1 aromatic carbocycles. The highest BCUT2D eigenvalue weighted by Crippen LogP contribution is 2.47. The minimum Gasteiger partial charge on any atom is -0.383 e. The maximum Gasteiger partial charge on any atom is 0.237 e. The van der Waals surface area contributed by atoms with Crippen molar-refractivity contribution in [1.82, 2.24) is 9.88 Å². The summed E-state index contributed by atoms with van der Waals surface area (Å²) >= 11 is 0. The van der Waals surface area contributed by atoms with E-state index in [9.17, 15) is 4.79 Å². The molecule has 26 heavy (non-hydrogen) atoms. The van der Waals surface area contributed by atoms with Gasteiger partial charge >= 0.3 is 0 Å². The first-order valence-electron chi connectivity index (χ1n) is 9.26. The summed E-state index contributed by atoms with van der Waals surface area (Å²) in [5.41, 5.74) is 3.12. The lowest BCUT2D eigenvalue weighted by Crippen LogP contribution is -2.49. The molecule has 2 aliphatic rings. The standard InChI is InChI=1S/C21H25N3O2/c1-26-14-13-24-19-7-3-2-6-18(19)21(20(24)25)8-11-23(12-9-21)16-17-5-4-10-22-15-17/h2-7,10,15H,8-9,11-14,16H2,1H3. The number of rotatable bonds is 5. The Morgan fingerprint density at radius 2 is 1.96 bits per heavy atom. The van der Waals surface area contributed by atoms with Crippen LogP contribution in [0.4, 0.5) is 5.69 Å². The summed E-state index contributed by atoms with van der Waals surface area (Å²) in [7, 11) is 1.68. The smallest absolute Gasteiger partial charge is 0.237 e. The number of pyridine rings is 1. The van der Waals surface area contributed by atoms with E-state index in [1.165, 1.54) is 11.1 Å². The van der Waals surface area contributed by atoms with Crippen molar-refractivity contribution in [3.63, 3.8) is 0 Å². The first-order valence-corrected chi connectivity index (χ1v) is 9.26. The van der Waals surface area contributed by atoms with Gasteiger partial charge < -0.3 is 9.64 Å². The Balaban J connectivity index is 1.53.